The molecule has 5 nitrogen and oxygen atoms in total. The molecule has 116 valence electrons. The van der Waals surface area contributed by atoms with Crippen LogP contribution < -0.4 is 4.74 Å². The summed E-state index contributed by atoms with van der Waals surface area (Å²) in [7, 11) is 1.65. The average Bonchev–Trinajstić information content (AvgIpc) is 2.92. The smallest absolute Gasteiger partial charge is 0.303 e. The van der Waals surface area contributed by atoms with Crippen molar-refractivity contribution in [1.29, 1.82) is 0 Å². The maximum atomic E-state index is 11.0. The van der Waals surface area contributed by atoms with Gasteiger partial charge in [-0.15, -0.1) is 0 Å². The minimum absolute atomic E-state index is 0.103. The van der Waals surface area contributed by atoms with Crippen LogP contribution in [0.25, 0.3) is 0 Å². The Kier molecular flexibility index (Phi) is 4.13. The second-order valence-electron chi connectivity index (χ2n) is 5.74. The van der Waals surface area contributed by atoms with Crippen LogP contribution >= 0.6 is 0 Å². The molecule has 2 aromatic rings. The Morgan fingerprint density at radius 3 is 2.86 bits per heavy atom. The largest absolute Gasteiger partial charge is 0.497 e. The Labute approximate surface area is 129 Å². The van der Waals surface area contributed by atoms with Crippen LogP contribution in [0.2, 0.25) is 0 Å². The molecular weight excluding hydrogens is 280 g/mol. The van der Waals surface area contributed by atoms with Crippen LogP contribution in [0, 0.1) is 0 Å². The third kappa shape index (κ3) is 2.98. The van der Waals surface area contributed by atoms with Gasteiger partial charge in [0.1, 0.15) is 5.75 Å². The quantitative estimate of drug-likeness (QED) is 0.922. The van der Waals surface area contributed by atoms with Crippen LogP contribution in [0.15, 0.2) is 30.5 Å². The third-order valence-corrected chi connectivity index (χ3v) is 4.30. The SMILES string of the molecule is COc1ccc(Cn2ncc3c2CCCC3CC(=O)O)cc1. The molecule has 22 heavy (non-hydrogen) atoms. The highest BCUT2D eigenvalue weighted by Crippen LogP contribution is 2.34. The Morgan fingerprint density at radius 2 is 2.18 bits per heavy atom. The van der Waals surface area contributed by atoms with Crippen LogP contribution in [0.5, 0.6) is 5.75 Å². The predicted molar refractivity (Wildman–Crippen MR) is 82.3 cm³/mol. The summed E-state index contributed by atoms with van der Waals surface area (Å²) >= 11 is 0. The fourth-order valence-electron chi connectivity index (χ4n) is 3.17. The maximum absolute atomic E-state index is 11.0. The number of aliphatic carboxylic acids is 1. The molecular formula is C17H20N2O3. The van der Waals surface area contributed by atoms with Gasteiger partial charge in [-0.1, -0.05) is 12.1 Å². The van der Waals surface area contributed by atoms with Crippen molar-refractivity contribution in [1.82, 2.24) is 9.78 Å². The summed E-state index contributed by atoms with van der Waals surface area (Å²) in [6.45, 7) is 0.707. The van der Waals surface area contributed by atoms with Crippen molar-refractivity contribution >= 4 is 5.97 Å². The van der Waals surface area contributed by atoms with E-state index < -0.39 is 5.97 Å². The molecule has 1 atom stereocenters. The number of carboxylic acid groups (broad SMARTS) is 1. The number of ether oxygens (including phenoxy) is 1. The maximum Gasteiger partial charge on any atom is 0.303 e. The van der Waals surface area contributed by atoms with Gasteiger partial charge in [0.2, 0.25) is 0 Å². The molecule has 1 aliphatic rings. The van der Waals surface area contributed by atoms with Crippen molar-refractivity contribution in [3.63, 3.8) is 0 Å². The molecule has 1 N–H and O–H groups in total. The highest BCUT2D eigenvalue weighted by molar-refractivity contribution is 5.68. The number of hydrogen-bond acceptors (Lipinski definition) is 3. The van der Waals surface area contributed by atoms with E-state index in [1.165, 1.54) is 5.69 Å². The van der Waals surface area contributed by atoms with Crippen molar-refractivity contribution in [2.45, 2.75) is 38.1 Å². The van der Waals surface area contributed by atoms with Crippen LogP contribution in [0.3, 0.4) is 0 Å². The fraction of sp³-hybridized carbons (Fsp3) is 0.412. The van der Waals surface area contributed by atoms with E-state index in [1.807, 2.05) is 35.1 Å². The molecule has 0 radical (unpaired) electrons. The fourth-order valence-corrected chi connectivity index (χ4v) is 3.17. The van der Waals surface area contributed by atoms with E-state index in [0.717, 1.165) is 36.1 Å². The lowest BCUT2D eigenvalue weighted by molar-refractivity contribution is -0.137. The van der Waals surface area contributed by atoms with Crippen molar-refractivity contribution in [2.75, 3.05) is 7.11 Å². The minimum Gasteiger partial charge on any atom is -0.497 e. The molecule has 0 saturated carbocycles. The molecule has 0 fully saturated rings. The zero-order valence-corrected chi connectivity index (χ0v) is 12.7. The number of carbonyl (C=O) groups is 1. The van der Waals surface area contributed by atoms with Gasteiger partial charge in [0.05, 0.1) is 26.3 Å². The number of hydrogen-bond donors (Lipinski definition) is 1. The van der Waals surface area contributed by atoms with E-state index in [9.17, 15) is 4.79 Å². The molecule has 1 heterocycles. The molecule has 5 heteroatoms. The van der Waals surface area contributed by atoms with Gasteiger partial charge < -0.3 is 9.84 Å². The van der Waals surface area contributed by atoms with Gasteiger partial charge in [0.15, 0.2) is 0 Å². The van der Waals surface area contributed by atoms with Gasteiger partial charge in [0, 0.05) is 5.69 Å². The first-order chi connectivity index (χ1) is 10.7. The lowest BCUT2D eigenvalue weighted by atomic mass is 9.85. The summed E-state index contributed by atoms with van der Waals surface area (Å²) in [6, 6.07) is 7.95. The number of rotatable bonds is 5. The summed E-state index contributed by atoms with van der Waals surface area (Å²) in [4.78, 5) is 11.0. The standard InChI is InChI=1S/C17H20N2O3/c1-22-14-7-5-12(6-8-14)11-19-16-4-2-3-13(9-17(20)21)15(16)10-18-19/h5-8,10,13H,2-4,9,11H2,1H3,(H,20,21). The summed E-state index contributed by atoms with van der Waals surface area (Å²) in [5.74, 6) is 0.208. The number of nitrogens with zero attached hydrogens (tertiary/aromatic N) is 2. The number of fused-ring (bicyclic) bond motifs is 1. The first-order valence-electron chi connectivity index (χ1n) is 7.56. The minimum atomic E-state index is -0.735. The van der Waals surface area contributed by atoms with Crippen molar-refractivity contribution in [3.05, 3.63) is 47.3 Å². The van der Waals surface area contributed by atoms with E-state index in [0.29, 0.717) is 6.54 Å². The summed E-state index contributed by atoms with van der Waals surface area (Å²) in [6.07, 6.45) is 4.99. The molecule has 1 unspecified atom stereocenters. The van der Waals surface area contributed by atoms with Gasteiger partial charge >= 0.3 is 5.97 Å². The van der Waals surface area contributed by atoms with E-state index in [-0.39, 0.29) is 12.3 Å². The molecule has 1 aliphatic carbocycles. The Morgan fingerprint density at radius 1 is 1.41 bits per heavy atom. The first kappa shape index (κ1) is 14.6. The number of benzene rings is 1. The Hall–Kier alpha value is -2.30. The second-order valence-corrected chi connectivity index (χ2v) is 5.74. The van der Waals surface area contributed by atoms with E-state index in [2.05, 4.69) is 5.10 Å². The van der Waals surface area contributed by atoms with E-state index >= 15 is 0 Å². The highest BCUT2D eigenvalue weighted by Gasteiger charge is 2.25. The molecule has 0 saturated heterocycles. The average molecular weight is 300 g/mol. The van der Waals surface area contributed by atoms with Crippen molar-refractivity contribution in [2.24, 2.45) is 0 Å². The predicted octanol–water partition coefficient (Wildman–Crippen LogP) is 2.83. The molecule has 3 rings (SSSR count). The Balaban J connectivity index is 1.80. The number of aromatic nitrogens is 2. The van der Waals surface area contributed by atoms with Crippen LogP contribution in [-0.2, 0) is 17.8 Å². The van der Waals surface area contributed by atoms with E-state index in [4.69, 9.17) is 9.84 Å². The normalized spacial score (nSPS) is 17.0. The summed E-state index contributed by atoms with van der Waals surface area (Å²) in [5.41, 5.74) is 3.46. The lowest BCUT2D eigenvalue weighted by Gasteiger charge is -2.21. The van der Waals surface area contributed by atoms with Gasteiger partial charge in [-0.3, -0.25) is 9.48 Å². The zero-order chi connectivity index (χ0) is 15.5. The summed E-state index contributed by atoms with van der Waals surface area (Å²) in [5, 5.41) is 13.5. The van der Waals surface area contributed by atoms with Crippen LogP contribution in [0.1, 0.15) is 42.0 Å². The molecule has 0 bridgehead atoms. The summed E-state index contributed by atoms with van der Waals surface area (Å²) < 4.78 is 7.17. The molecule has 1 aromatic carbocycles. The topological polar surface area (TPSA) is 64.4 Å². The number of carboxylic acids is 1. The third-order valence-electron chi connectivity index (χ3n) is 4.30. The first-order valence-corrected chi connectivity index (χ1v) is 7.56. The van der Waals surface area contributed by atoms with E-state index in [1.54, 1.807) is 7.11 Å². The number of methoxy groups -OCH3 is 1. The molecule has 0 amide bonds. The van der Waals surface area contributed by atoms with Gasteiger partial charge in [-0.05, 0) is 48.4 Å². The highest BCUT2D eigenvalue weighted by atomic mass is 16.5. The van der Waals surface area contributed by atoms with Crippen molar-refractivity contribution in [3.8, 4) is 5.75 Å². The van der Waals surface area contributed by atoms with Gasteiger partial charge in [-0.2, -0.15) is 5.10 Å². The van der Waals surface area contributed by atoms with Gasteiger partial charge in [-0.25, -0.2) is 0 Å². The zero-order valence-electron chi connectivity index (χ0n) is 12.7. The Bertz CT molecular complexity index is 661. The van der Waals surface area contributed by atoms with Crippen LogP contribution in [-0.4, -0.2) is 28.0 Å². The van der Waals surface area contributed by atoms with Gasteiger partial charge in [0.25, 0.3) is 0 Å². The molecule has 0 spiro atoms. The monoisotopic (exact) mass is 300 g/mol. The molecule has 1 aromatic heterocycles. The van der Waals surface area contributed by atoms with Crippen LogP contribution in [0.4, 0.5) is 0 Å². The lowest BCUT2D eigenvalue weighted by Crippen LogP contribution is -2.15. The van der Waals surface area contributed by atoms with Crippen molar-refractivity contribution < 1.29 is 14.6 Å². The molecule has 0 aliphatic heterocycles. The second kappa shape index (κ2) is 6.22.